The van der Waals surface area contributed by atoms with E-state index in [0.29, 0.717) is 24.2 Å². The number of nitrogens with one attached hydrogen (secondary N) is 1. The number of ketones is 2. The lowest BCUT2D eigenvalue weighted by atomic mass is 9.96. The second kappa shape index (κ2) is 8.13. The van der Waals surface area contributed by atoms with Crippen LogP contribution in [0, 0.1) is 0 Å². The van der Waals surface area contributed by atoms with Crippen molar-refractivity contribution in [3.63, 3.8) is 0 Å². The maximum Gasteiger partial charge on any atom is 0.193 e. The van der Waals surface area contributed by atoms with Gasteiger partial charge in [-0.1, -0.05) is 48.5 Å². The third-order valence-electron chi connectivity index (χ3n) is 4.20. The first-order valence-corrected chi connectivity index (χ1v) is 8.91. The molecule has 0 aliphatic heterocycles. The molecule has 0 bridgehead atoms. The van der Waals surface area contributed by atoms with Crippen LogP contribution >= 0.6 is 0 Å². The Bertz CT molecular complexity index is 725. The van der Waals surface area contributed by atoms with Crippen molar-refractivity contribution < 1.29 is 19.8 Å². The van der Waals surface area contributed by atoms with Crippen molar-refractivity contribution in [3.8, 4) is 0 Å². The molecule has 0 aliphatic rings. The second-order valence-corrected chi connectivity index (χ2v) is 7.77. The molecular formula is C22H27NO4. The normalized spacial score (nSPS) is 12.1. The number of carbonyl (C=O) groups is 2. The molecule has 0 spiro atoms. The van der Waals surface area contributed by atoms with Crippen LogP contribution in [0.25, 0.3) is 0 Å². The molecule has 2 aromatic carbocycles. The van der Waals surface area contributed by atoms with Gasteiger partial charge in [0, 0.05) is 24.2 Å². The summed E-state index contributed by atoms with van der Waals surface area (Å²) >= 11 is 0. The van der Waals surface area contributed by atoms with Crippen LogP contribution < -0.4 is 5.32 Å². The van der Waals surface area contributed by atoms with E-state index in [1.165, 1.54) is 27.7 Å². The first-order chi connectivity index (χ1) is 12.5. The zero-order chi connectivity index (χ0) is 20.2. The van der Waals surface area contributed by atoms with Gasteiger partial charge in [-0.25, -0.2) is 0 Å². The Morgan fingerprint density at radius 2 is 1.00 bits per heavy atom. The molecular weight excluding hydrogens is 342 g/mol. The van der Waals surface area contributed by atoms with E-state index < -0.39 is 11.2 Å². The average Bonchev–Trinajstić information content (AvgIpc) is 2.60. The van der Waals surface area contributed by atoms with Crippen LogP contribution in [0.4, 0.5) is 0 Å². The fourth-order valence-electron chi connectivity index (χ4n) is 2.61. The number of Topliss-reactive ketones (excluding diaryl/α,β-unsaturated/α-hetero) is 2. The van der Waals surface area contributed by atoms with Gasteiger partial charge in [0.25, 0.3) is 0 Å². The van der Waals surface area contributed by atoms with Crippen LogP contribution in [-0.4, -0.2) is 33.0 Å². The van der Waals surface area contributed by atoms with Crippen molar-refractivity contribution in [1.29, 1.82) is 0 Å². The molecule has 0 radical (unpaired) electrons. The Balaban J connectivity index is 1.89. The third-order valence-corrected chi connectivity index (χ3v) is 4.20. The Labute approximate surface area is 160 Å². The van der Waals surface area contributed by atoms with Gasteiger partial charge in [-0.15, -0.1) is 0 Å². The largest absolute Gasteiger partial charge is 0.382 e. The predicted octanol–water partition coefficient (Wildman–Crippen LogP) is 2.88. The van der Waals surface area contributed by atoms with Gasteiger partial charge in [0.2, 0.25) is 0 Å². The summed E-state index contributed by atoms with van der Waals surface area (Å²) in [6, 6.07) is 14.3. The van der Waals surface area contributed by atoms with Crippen molar-refractivity contribution in [2.75, 3.05) is 0 Å². The molecule has 0 aliphatic carbocycles. The predicted molar refractivity (Wildman–Crippen MR) is 105 cm³/mol. The quantitative estimate of drug-likeness (QED) is 0.623. The number of rotatable bonds is 8. The summed E-state index contributed by atoms with van der Waals surface area (Å²) in [7, 11) is 0. The molecule has 5 nitrogen and oxygen atoms in total. The van der Waals surface area contributed by atoms with E-state index in [1.807, 2.05) is 24.3 Å². The Morgan fingerprint density at radius 1 is 0.704 bits per heavy atom. The molecule has 2 rings (SSSR count). The molecule has 27 heavy (non-hydrogen) atoms. The zero-order valence-corrected chi connectivity index (χ0v) is 16.2. The molecule has 0 atom stereocenters. The van der Waals surface area contributed by atoms with Crippen LogP contribution in [0.2, 0.25) is 0 Å². The molecule has 0 saturated carbocycles. The van der Waals surface area contributed by atoms with E-state index in [4.69, 9.17) is 0 Å². The molecule has 5 heteroatoms. The van der Waals surface area contributed by atoms with E-state index in [9.17, 15) is 19.8 Å². The van der Waals surface area contributed by atoms with Gasteiger partial charge < -0.3 is 15.5 Å². The maximum absolute atomic E-state index is 12.0. The molecule has 3 N–H and O–H groups in total. The molecule has 0 saturated heterocycles. The number of carbonyl (C=O) groups excluding carboxylic acids is 2. The van der Waals surface area contributed by atoms with E-state index in [0.717, 1.165) is 11.1 Å². The maximum atomic E-state index is 12.0. The minimum absolute atomic E-state index is 0.303. The molecule has 2 aromatic rings. The van der Waals surface area contributed by atoms with Crippen molar-refractivity contribution in [2.24, 2.45) is 0 Å². The zero-order valence-electron chi connectivity index (χ0n) is 16.2. The topological polar surface area (TPSA) is 86.6 Å². The van der Waals surface area contributed by atoms with Crippen LogP contribution in [0.3, 0.4) is 0 Å². The van der Waals surface area contributed by atoms with Crippen LogP contribution in [0.15, 0.2) is 48.5 Å². The summed E-state index contributed by atoms with van der Waals surface area (Å²) < 4.78 is 0. The fraction of sp³-hybridized carbons (Fsp3) is 0.364. The Hall–Kier alpha value is -2.34. The van der Waals surface area contributed by atoms with Crippen molar-refractivity contribution >= 4 is 11.6 Å². The van der Waals surface area contributed by atoms with Crippen molar-refractivity contribution in [1.82, 2.24) is 5.32 Å². The van der Waals surface area contributed by atoms with Crippen LogP contribution in [-0.2, 0) is 13.1 Å². The van der Waals surface area contributed by atoms with Gasteiger partial charge in [-0.05, 0) is 38.8 Å². The molecule has 144 valence electrons. The first kappa shape index (κ1) is 21.0. The summed E-state index contributed by atoms with van der Waals surface area (Å²) in [6.07, 6.45) is 0. The molecule has 0 fully saturated rings. The lowest BCUT2D eigenvalue weighted by Gasteiger charge is -2.16. The Kier molecular flexibility index (Phi) is 6.31. The van der Waals surface area contributed by atoms with Gasteiger partial charge in [-0.3, -0.25) is 9.59 Å². The van der Waals surface area contributed by atoms with Crippen LogP contribution in [0.1, 0.15) is 59.5 Å². The number of aliphatic hydroxyl groups is 2. The van der Waals surface area contributed by atoms with Gasteiger partial charge in [-0.2, -0.15) is 0 Å². The third kappa shape index (κ3) is 5.82. The molecule has 0 amide bonds. The smallest absolute Gasteiger partial charge is 0.193 e. The highest BCUT2D eigenvalue weighted by atomic mass is 16.3. The molecule has 0 aromatic heterocycles. The summed E-state index contributed by atoms with van der Waals surface area (Å²) in [5.74, 6) is -0.606. The lowest BCUT2D eigenvalue weighted by Crippen LogP contribution is -2.31. The SMILES string of the molecule is CC(C)(O)C(=O)c1ccc(CNCc2ccc(C(=O)C(C)(C)O)cc2)cc1. The Morgan fingerprint density at radius 3 is 1.26 bits per heavy atom. The van der Waals surface area contributed by atoms with E-state index >= 15 is 0 Å². The van der Waals surface area contributed by atoms with E-state index in [2.05, 4.69) is 5.32 Å². The van der Waals surface area contributed by atoms with Crippen molar-refractivity contribution in [3.05, 3.63) is 70.8 Å². The van der Waals surface area contributed by atoms with Crippen LogP contribution in [0.5, 0.6) is 0 Å². The monoisotopic (exact) mass is 369 g/mol. The van der Waals surface area contributed by atoms with Crippen molar-refractivity contribution in [2.45, 2.75) is 52.0 Å². The van der Waals surface area contributed by atoms with Gasteiger partial charge in [0.15, 0.2) is 11.6 Å². The summed E-state index contributed by atoms with van der Waals surface area (Å²) in [6.45, 7) is 7.16. The molecule has 0 unspecified atom stereocenters. The number of hydrogen-bond donors (Lipinski definition) is 3. The minimum atomic E-state index is -1.38. The minimum Gasteiger partial charge on any atom is -0.382 e. The van der Waals surface area contributed by atoms with Gasteiger partial charge >= 0.3 is 0 Å². The number of benzene rings is 2. The highest BCUT2D eigenvalue weighted by Crippen LogP contribution is 2.15. The molecule has 0 heterocycles. The first-order valence-electron chi connectivity index (χ1n) is 8.91. The fourth-order valence-corrected chi connectivity index (χ4v) is 2.61. The summed E-state index contributed by atoms with van der Waals surface area (Å²) in [5.41, 5.74) is 0.265. The van der Waals surface area contributed by atoms with E-state index in [-0.39, 0.29) is 11.6 Å². The highest BCUT2D eigenvalue weighted by Gasteiger charge is 2.25. The second-order valence-electron chi connectivity index (χ2n) is 7.77. The standard InChI is InChI=1S/C22H27NO4/c1-21(2,26)19(24)17-9-5-15(6-10-17)13-23-14-16-7-11-18(12-8-16)20(25)22(3,4)27/h5-12,23,26-27H,13-14H2,1-4H3. The highest BCUT2D eigenvalue weighted by molar-refractivity contribution is 6.02. The average molecular weight is 369 g/mol. The summed E-state index contributed by atoms with van der Waals surface area (Å²) in [5, 5.41) is 22.9. The number of hydrogen-bond acceptors (Lipinski definition) is 5. The van der Waals surface area contributed by atoms with Gasteiger partial charge in [0.05, 0.1) is 0 Å². The lowest BCUT2D eigenvalue weighted by molar-refractivity contribution is 0.0487. The summed E-state index contributed by atoms with van der Waals surface area (Å²) in [4.78, 5) is 24.0. The van der Waals surface area contributed by atoms with Gasteiger partial charge in [0.1, 0.15) is 11.2 Å². The van der Waals surface area contributed by atoms with E-state index in [1.54, 1.807) is 24.3 Å².